The third-order valence-electron chi connectivity index (χ3n) is 4.18. The molecule has 0 saturated carbocycles. The van der Waals surface area contributed by atoms with E-state index in [9.17, 15) is 13.2 Å². The molecule has 1 aliphatic rings. The van der Waals surface area contributed by atoms with Crippen molar-refractivity contribution in [2.24, 2.45) is 0 Å². The molecular formula is C17H27N3O4S2. The van der Waals surface area contributed by atoms with Gasteiger partial charge in [-0.1, -0.05) is 6.07 Å². The van der Waals surface area contributed by atoms with Crippen molar-refractivity contribution in [1.29, 1.82) is 0 Å². The molecule has 0 spiro atoms. The van der Waals surface area contributed by atoms with Gasteiger partial charge < -0.3 is 10.1 Å². The molecule has 1 N–H and O–H groups in total. The average Bonchev–Trinajstić information content (AvgIpc) is 2.62. The molecule has 2 rings (SSSR count). The van der Waals surface area contributed by atoms with Gasteiger partial charge >= 0.3 is 0 Å². The summed E-state index contributed by atoms with van der Waals surface area (Å²) >= 11 is 1.68. The predicted molar refractivity (Wildman–Crippen MR) is 105 cm³/mol. The van der Waals surface area contributed by atoms with Crippen LogP contribution in [-0.2, 0) is 10.2 Å². The van der Waals surface area contributed by atoms with Gasteiger partial charge in [-0.15, -0.1) is 0 Å². The zero-order chi connectivity index (χ0) is 19.2. The van der Waals surface area contributed by atoms with Crippen LogP contribution in [0.1, 0.15) is 23.2 Å². The quantitative estimate of drug-likeness (QED) is 0.667. The van der Waals surface area contributed by atoms with Crippen molar-refractivity contribution in [2.75, 3.05) is 45.7 Å². The molecular weight excluding hydrogens is 374 g/mol. The first-order chi connectivity index (χ1) is 12.3. The fourth-order valence-corrected chi connectivity index (χ4v) is 4.12. The minimum absolute atomic E-state index is 0.0570. The Balaban J connectivity index is 1.90. The molecule has 26 heavy (non-hydrogen) atoms. The Bertz CT molecular complexity index is 702. The van der Waals surface area contributed by atoms with Crippen LogP contribution < -0.4 is 10.1 Å². The lowest BCUT2D eigenvalue weighted by atomic mass is 10.1. The van der Waals surface area contributed by atoms with Crippen molar-refractivity contribution in [1.82, 2.24) is 13.9 Å². The summed E-state index contributed by atoms with van der Waals surface area (Å²) in [7, 11) is -0.298. The molecule has 1 aromatic carbocycles. The second-order valence-corrected chi connectivity index (χ2v) is 9.41. The highest BCUT2D eigenvalue weighted by Crippen LogP contribution is 2.22. The number of carbonyl (C=O) groups excluding carboxylic acids is 1. The SMILES string of the molecule is CSCCNC(=O)c1cccc(OC2CCN(S(=O)(=O)N(C)C)CC2)c1. The Hall–Kier alpha value is -1.29. The summed E-state index contributed by atoms with van der Waals surface area (Å²) in [5, 5.41) is 2.87. The van der Waals surface area contributed by atoms with Crippen LogP contribution in [0.15, 0.2) is 24.3 Å². The molecule has 9 heteroatoms. The molecule has 0 bridgehead atoms. The lowest BCUT2D eigenvalue weighted by molar-refractivity contribution is 0.0954. The third-order valence-corrected chi connectivity index (χ3v) is 6.73. The van der Waals surface area contributed by atoms with Crippen molar-refractivity contribution in [3.63, 3.8) is 0 Å². The second kappa shape index (κ2) is 9.59. The summed E-state index contributed by atoms with van der Waals surface area (Å²) in [5.41, 5.74) is 0.566. The molecule has 1 amide bonds. The van der Waals surface area contributed by atoms with Crippen molar-refractivity contribution in [3.05, 3.63) is 29.8 Å². The number of nitrogens with one attached hydrogen (secondary N) is 1. The van der Waals surface area contributed by atoms with E-state index in [1.165, 1.54) is 22.7 Å². The number of rotatable bonds is 8. The first-order valence-corrected chi connectivity index (χ1v) is 11.3. The molecule has 146 valence electrons. The van der Waals surface area contributed by atoms with Crippen molar-refractivity contribution in [3.8, 4) is 5.75 Å². The molecule has 1 heterocycles. The van der Waals surface area contributed by atoms with Gasteiger partial charge in [0.25, 0.3) is 16.1 Å². The maximum atomic E-state index is 12.1. The molecule has 0 aromatic heterocycles. The largest absolute Gasteiger partial charge is 0.490 e. The van der Waals surface area contributed by atoms with E-state index in [1.807, 2.05) is 12.3 Å². The number of thioether (sulfide) groups is 1. The van der Waals surface area contributed by atoms with Crippen molar-refractivity contribution in [2.45, 2.75) is 18.9 Å². The highest BCUT2D eigenvalue weighted by Gasteiger charge is 2.30. The van der Waals surface area contributed by atoms with Crippen LogP contribution in [0.25, 0.3) is 0 Å². The molecule has 1 aliphatic heterocycles. The summed E-state index contributed by atoms with van der Waals surface area (Å²) in [6.45, 7) is 1.49. The van der Waals surface area contributed by atoms with Gasteiger partial charge in [-0.2, -0.15) is 28.8 Å². The van der Waals surface area contributed by atoms with E-state index >= 15 is 0 Å². The number of hydrogen-bond donors (Lipinski definition) is 1. The standard InChI is InChI=1S/C17H27N3O4S2/c1-19(2)26(22,23)20-10-7-15(8-11-20)24-16-6-4-5-14(13-16)17(21)18-9-12-25-3/h4-6,13,15H,7-12H2,1-3H3,(H,18,21). The van der Waals surface area contributed by atoms with Gasteiger partial charge in [-0.05, 0) is 37.3 Å². The Morgan fingerprint density at radius 3 is 2.65 bits per heavy atom. The Morgan fingerprint density at radius 2 is 2.04 bits per heavy atom. The summed E-state index contributed by atoms with van der Waals surface area (Å²) in [6, 6.07) is 7.11. The van der Waals surface area contributed by atoms with Crippen LogP contribution in [0.2, 0.25) is 0 Å². The molecule has 0 aliphatic carbocycles. The van der Waals surface area contributed by atoms with Crippen molar-refractivity contribution < 1.29 is 17.9 Å². The van der Waals surface area contributed by atoms with E-state index in [2.05, 4.69) is 5.32 Å². The summed E-state index contributed by atoms with van der Waals surface area (Å²) in [6.07, 6.45) is 3.18. The zero-order valence-corrected chi connectivity index (χ0v) is 17.1. The zero-order valence-electron chi connectivity index (χ0n) is 15.5. The number of benzene rings is 1. The lowest BCUT2D eigenvalue weighted by Gasteiger charge is -2.32. The number of amides is 1. The molecule has 7 nitrogen and oxygen atoms in total. The summed E-state index contributed by atoms with van der Waals surface area (Å²) in [5.74, 6) is 1.39. The minimum Gasteiger partial charge on any atom is -0.490 e. The van der Waals surface area contributed by atoms with E-state index in [-0.39, 0.29) is 12.0 Å². The Kier molecular flexibility index (Phi) is 7.75. The summed E-state index contributed by atoms with van der Waals surface area (Å²) in [4.78, 5) is 12.1. The fourth-order valence-electron chi connectivity index (χ4n) is 2.68. The first-order valence-electron chi connectivity index (χ1n) is 8.56. The van der Waals surface area contributed by atoms with E-state index in [0.29, 0.717) is 43.8 Å². The van der Waals surface area contributed by atoms with E-state index < -0.39 is 10.2 Å². The van der Waals surface area contributed by atoms with Gasteiger partial charge in [-0.25, -0.2) is 0 Å². The van der Waals surface area contributed by atoms with Gasteiger partial charge in [0.2, 0.25) is 0 Å². The van der Waals surface area contributed by atoms with Gasteiger partial charge in [0.15, 0.2) is 0 Å². The average molecular weight is 402 g/mol. The monoisotopic (exact) mass is 401 g/mol. The maximum Gasteiger partial charge on any atom is 0.281 e. The summed E-state index contributed by atoms with van der Waals surface area (Å²) < 4.78 is 33.0. The topological polar surface area (TPSA) is 79.0 Å². The Labute approximate surface area is 160 Å². The van der Waals surface area contributed by atoms with Crippen LogP contribution in [0.4, 0.5) is 0 Å². The van der Waals surface area contributed by atoms with E-state index in [4.69, 9.17) is 4.74 Å². The fraction of sp³-hybridized carbons (Fsp3) is 0.588. The van der Waals surface area contributed by atoms with Gasteiger partial charge in [0.1, 0.15) is 11.9 Å². The number of carbonyl (C=O) groups is 1. The first kappa shape index (κ1) is 21.0. The van der Waals surface area contributed by atoms with Crippen LogP contribution in [0, 0.1) is 0 Å². The van der Waals surface area contributed by atoms with E-state index in [0.717, 1.165) is 5.75 Å². The van der Waals surface area contributed by atoms with Crippen LogP contribution in [0.3, 0.4) is 0 Å². The number of hydrogen-bond acceptors (Lipinski definition) is 5. The Morgan fingerprint density at radius 1 is 1.35 bits per heavy atom. The maximum absolute atomic E-state index is 12.1. The molecule has 1 saturated heterocycles. The number of piperidine rings is 1. The van der Waals surface area contributed by atoms with Crippen molar-refractivity contribution >= 4 is 27.9 Å². The highest BCUT2D eigenvalue weighted by atomic mass is 32.2. The third kappa shape index (κ3) is 5.60. The molecule has 0 unspecified atom stereocenters. The smallest absolute Gasteiger partial charge is 0.281 e. The number of nitrogens with zero attached hydrogens (tertiary/aromatic N) is 2. The van der Waals surface area contributed by atoms with Gasteiger partial charge in [0, 0.05) is 45.0 Å². The van der Waals surface area contributed by atoms with Crippen LogP contribution in [0.5, 0.6) is 5.75 Å². The second-order valence-electron chi connectivity index (χ2n) is 6.28. The van der Waals surface area contributed by atoms with Gasteiger partial charge in [-0.3, -0.25) is 4.79 Å². The molecule has 1 fully saturated rings. The minimum atomic E-state index is -3.37. The van der Waals surface area contributed by atoms with Crippen LogP contribution in [-0.4, -0.2) is 74.8 Å². The molecule has 1 aromatic rings. The number of ether oxygens (including phenoxy) is 1. The normalized spacial score (nSPS) is 16.6. The van der Waals surface area contributed by atoms with Gasteiger partial charge in [0.05, 0.1) is 0 Å². The van der Waals surface area contributed by atoms with Crippen LogP contribution >= 0.6 is 11.8 Å². The highest BCUT2D eigenvalue weighted by molar-refractivity contribution is 7.98. The lowest BCUT2D eigenvalue weighted by Crippen LogP contribution is -2.46. The van der Waals surface area contributed by atoms with E-state index in [1.54, 1.807) is 30.0 Å². The predicted octanol–water partition coefficient (Wildman–Crippen LogP) is 1.43. The molecule has 0 atom stereocenters. The molecule has 0 radical (unpaired) electrons.